The number of likely N-dealkylation sites (N-methyl/N-ethyl adjacent to an activating group) is 1. The number of nitriles is 1. The molecule has 0 spiro atoms. The van der Waals surface area contributed by atoms with Gasteiger partial charge in [0.05, 0.1) is 11.6 Å². The molecule has 1 aromatic carbocycles. The Morgan fingerprint density at radius 1 is 1.35 bits per heavy atom. The topological polar surface area (TPSA) is 39.5 Å². The molecular weight excluding hydrogens is 250 g/mol. The maximum atomic E-state index is 8.74. The van der Waals surface area contributed by atoms with E-state index in [1.165, 1.54) is 19.4 Å². The molecule has 0 bridgehead atoms. The highest BCUT2D eigenvalue weighted by Gasteiger charge is 2.20. The van der Waals surface area contributed by atoms with E-state index in [4.69, 9.17) is 10.00 Å². The zero-order chi connectivity index (χ0) is 14.4. The molecule has 108 valence electrons. The van der Waals surface area contributed by atoms with Gasteiger partial charge in [0.2, 0.25) is 0 Å². The van der Waals surface area contributed by atoms with Gasteiger partial charge in [0.25, 0.3) is 0 Å². The van der Waals surface area contributed by atoms with Crippen LogP contribution in [0.4, 0.5) is 0 Å². The zero-order valence-electron chi connectivity index (χ0n) is 12.4. The van der Waals surface area contributed by atoms with Gasteiger partial charge in [-0.15, -0.1) is 0 Å². The highest BCUT2D eigenvalue weighted by atomic mass is 16.5. The van der Waals surface area contributed by atoms with E-state index in [-0.39, 0.29) is 0 Å². The van der Waals surface area contributed by atoms with E-state index in [2.05, 4.69) is 30.0 Å². The van der Waals surface area contributed by atoms with Gasteiger partial charge in [0.1, 0.15) is 12.4 Å². The third-order valence-electron chi connectivity index (χ3n) is 3.87. The highest BCUT2D eigenvalue weighted by Crippen LogP contribution is 2.14. The first kappa shape index (κ1) is 14.8. The molecule has 1 aromatic rings. The van der Waals surface area contributed by atoms with Crippen LogP contribution in [0.3, 0.4) is 0 Å². The van der Waals surface area contributed by atoms with Crippen molar-refractivity contribution < 1.29 is 4.74 Å². The van der Waals surface area contributed by atoms with Crippen LogP contribution in [0.5, 0.6) is 5.75 Å². The standard InChI is InChI=1S/C16H23N3O/c1-18(2)15-4-3-9-19(13-15)10-11-20-16-7-5-14(12-17)6-8-16/h5-8,15H,3-4,9-11,13H2,1-2H3. The third kappa shape index (κ3) is 4.22. The molecule has 1 unspecified atom stereocenters. The van der Waals surface area contributed by atoms with Crippen LogP contribution in [-0.2, 0) is 0 Å². The van der Waals surface area contributed by atoms with Gasteiger partial charge in [-0.05, 0) is 57.7 Å². The van der Waals surface area contributed by atoms with Gasteiger partial charge in [0, 0.05) is 19.1 Å². The van der Waals surface area contributed by atoms with Gasteiger partial charge in [-0.2, -0.15) is 5.26 Å². The lowest BCUT2D eigenvalue weighted by atomic mass is 10.1. The normalized spacial score (nSPS) is 19.8. The van der Waals surface area contributed by atoms with Crippen molar-refractivity contribution in [2.24, 2.45) is 0 Å². The fourth-order valence-electron chi connectivity index (χ4n) is 2.57. The maximum absolute atomic E-state index is 8.74. The Bertz CT molecular complexity index is 450. The molecule has 0 aliphatic carbocycles. The second-order valence-electron chi connectivity index (χ2n) is 5.54. The molecule has 0 aromatic heterocycles. The predicted octanol–water partition coefficient (Wildman–Crippen LogP) is 1.96. The lowest BCUT2D eigenvalue weighted by Crippen LogP contribution is -2.46. The molecule has 20 heavy (non-hydrogen) atoms. The molecule has 4 heteroatoms. The zero-order valence-corrected chi connectivity index (χ0v) is 12.4. The molecule has 1 atom stereocenters. The number of benzene rings is 1. The average Bonchev–Trinajstić information content (AvgIpc) is 2.48. The number of likely N-dealkylation sites (tertiary alicyclic amines) is 1. The van der Waals surface area contributed by atoms with Crippen molar-refractivity contribution in [2.75, 3.05) is 40.3 Å². The quantitative estimate of drug-likeness (QED) is 0.822. The number of rotatable bonds is 5. The highest BCUT2D eigenvalue weighted by molar-refractivity contribution is 5.34. The van der Waals surface area contributed by atoms with E-state index in [1.807, 2.05) is 12.1 Å². The van der Waals surface area contributed by atoms with Crippen LogP contribution in [-0.4, -0.2) is 56.2 Å². The van der Waals surface area contributed by atoms with Crippen LogP contribution in [0.2, 0.25) is 0 Å². The number of nitrogens with zero attached hydrogens (tertiary/aromatic N) is 3. The van der Waals surface area contributed by atoms with Crippen molar-refractivity contribution in [3.8, 4) is 11.8 Å². The van der Waals surface area contributed by atoms with E-state index < -0.39 is 0 Å². The molecule has 1 fully saturated rings. The van der Waals surface area contributed by atoms with Crippen LogP contribution >= 0.6 is 0 Å². The Morgan fingerprint density at radius 3 is 2.75 bits per heavy atom. The van der Waals surface area contributed by atoms with Gasteiger partial charge in [-0.3, -0.25) is 4.90 Å². The summed E-state index contributed by atoms with van der Waals surface area (Å²) in [4.78, 5) is 4.78. The smallest absolute Gasteiger partial charge is 0.119 e. The van der Waals surface area contributed by atoms with Gasteiger partial charge in [-0.1, -0.05) is 0 Å². The van der Waals surface area contributed by atoms with Gasteiger partial charge >= 0.3 is 0 Å². The van der Waals surface area contributed by atoms with Crippen LogP contribution < -0.4 is 4.74 Å². The van der Waals surface area contributed by atoms with Crippen LogP contribution in [0.1, 0.15) is 18.4 Å². The fourth-order valence-corrected chi connectivity index (χ4v) is 2.57. The van der Waals surface area contributed by atoms with Crippen molar-refractivity contribution in [1.29, 1.82) is 5.26 Å². The minimum atomic E-state index is 0.665. The second kappa shape index (κ2) is 7.28. The lowest BCUT2D eigenvalue weighted by molar-refractivity contribution is 0.117. The fraction of sp³-hybridized carbons (Fsp3) is 0.562. The second-order valence-corrected chi connectivity index (χ2v) is 5.54. The van der Waals surface area contributed by atoms with E-state index in [0.717, 1.165) is 18.8 Å². The summed E-state index contributed by atoms with van der Waals surface area (Å²) < 4.78 is 5.74. The monoisotopic (exact) mass is 273 g/mol. The van der Waals surface area contributed by atoms with Crippen molar-refractivity contribution in [2.45, 2.75) is 18.9 Å². The molecule has 1 saturated heterocycles. The van der Waals surface area contributed by atoms with Crippen LogP contribution in [0.15, 0.2) is 24.3 Å². The van der Waals surface area contributed by atoms with E-state index in [9.17, 15) is 0 Å². The molecule has 2 rings (SSSR count). The first-order chi connectivity index (χ1) is 9.69. The summed E-state index contributed by atoms with van der Waals surface area (Å²) in [7, 11) is 4.31. The minimum absolute atomic E-state index is 0.665. The summed E-state index contributed by atoms with van der Waals surface area (Å²) in [6.07, 6.45) is 2.56. The number of hydrogen-bond donors (Lipinski definition) is 0. The van der Waals surface area contributed by atoms with Crippen LogP contribution in [0.25, 0.3) is 0 Å². The number of hydrogen-bond acceptors (Lipinski definition) is 4. The molecule has 1 heterocycles. The maximum Gasteiger partial charge on any atom is 0.119 e. The first-order valence-electron chi connectivity index (χ1n) is 7.21. The van der Waals surface area contributed by atoms with Gasteiger partial charge in [-0.25, -0.2) is 0 Å². The number of ether oxygens (including phenoxy) is 1. The third-order valence-corrected chi connectivity index (χ3v) is 3.87. The van der Waals surface area contributed by atoms with Gasteiger partial charge in [0.15, 0.2) is 0 Å². The van der Waals surface area contributed by atoms with Crippen LogP contribution in [0, 0.1) is 11.3 Å². The molecule has 0 saturated carbocycles. The molecular formula is C16H23N3O. The summed E-state index contributed by atoms with van der Waals surface area (Å²) in [5, 5.41) is 8.74. The SMILES string of the molecule is CN(C)C1CCCN(CCOc2ccc(C#N)cc2)C1. The Balaban J connectivity index is 1.73. The largest absolute Gasteiger partial charge is 0.492 e. The Labute approximate surface area is 121 Å². The Hall–Kier alpha value is -1.57. The Morgan fingerprint density at radius 2 is 2.10 bits per heavy atom. The molecule has 1 aliphatic rings. The molecule has 0 amide bonds. The average molecular weight is 273 g/mol. The summed E-state index contributed by atoms with van der Waals surface area (Å²) in [6, 6.07) is 10.1. The first-order valence-corrected chi connectivity index (χ1v) is 7.21. The van der Waals surface area contributed by atoms with E-state index in [1.54, 1.807) is 12.1 Å². The molecule has 0 radical (unpaired) electrons. The van der Waals surface area contributed by atoms with Crippen molar-refractivity contribution in [3.05, 3.63) is 29.8 Å². The minimum Gasteiger partial charge on any atom is -0.492 e. The van der Waals surface area contributed by atoms with E-state index in [0.29, 0.717) is 18.2 Å². The predicted molar refractivity (Wildman–Crippen MR) is 79.8 cm³/mol. The van der Waals surface area contributed by atoms with Crippen molar-refractivity contribution in [1.82, 2.24) is 9.80 Å². The van der Waals surface area contributed by atoms with E-state index >= 15 is 0 Å². The molecule has 0 N–H and O–H groups in total. The van der Waals surface area contributed by atoms with Crippen molar-refractivity contribution in [3.63, 3.8) is 0 Å². The summed E-state index contributed by atoms with van der Waals surface area (Å²) in [6.45, 7) is 3.96. The lowest BCUT2D eigenvalue weighted by Gasteiger charge is -2.35. The Kier molecular flexibility index (Phi) is 5.40. The summed E-state index contributed by atoms with van der Waals surface area (Å²) >= 11 is 0. The molecule has 1 aliphatic heterocycles. The summed E-state index contributed by atoms with van der Waals surface area (Å²) in [5.74, 6) is 0.838. The van der Waals surface area contributed by atoms with Crippen molar-refractivity contribution >= 4 is 0 Å². The number of piperidine rings is 1. The molecule has 4 nitrogen and oxygen atoms in total. The summed E-state index contributed by atoms with van der Waals surface area (Å²) in [5.41, 5.74) is 0.669. The van der Waals surface area contributed by atoms with Gasteiger partial charge < -0.3 is 9.64 Å².